The van der Waals surface area contributed by atoms with Gasteiger partial charge in [-0.05, 0) is 30.3 Å². The number of halogens is 1. The molecular formula is C23H22ClN3O4. The van der Waals surface area contributed by atoms with Crippen molar-refractivity contribution in [3.05, 3.63) is 77.1 Å². The molecule has 160 valence electrons. The first kappa shape index (κ1) is 21.0. The largest absolute Gasteiger partial charge is 0.496 e. The van der Waals surface area contributed by atoms with Crippen LogP contribution in [0.5, 0.6) is 5.75 Å². The molecule has 0 saturated carbocycles. The number of carbonyl (C=O) groups excluding carboxylic acids is 2. The van der Waals surface area contributed by atoms with E-state index in [9.17, 15) is 9.59 Å². The van der Waals surface area contributed by atoms with Crippen LogP contribution in [0, 0.1) is 0 Å². The van der Waals surface area contributed by atoms with E-state index in [4.69, 9.17) is 21.1 Å². The van der Waals surface area contributed by atoms with Gasteiger partial charge in [0.2, 0.25) is 0 Å². The molecule has 0 radical (unpaired) electrons. The molecule has 3 aromatic rings. The first-order valence-electron chi connectivity index (χ1n) is 9.87. The summed E-state index contributed by atoms with van der Waals surface area (Å²) in [5.74, 6) is -0.185. The van der Waals surface area contributed by atoms with Crippen LogP contribution in [0.15, 0.2) is 60.9 Å². The minimum Gasteiger partial charge on any atom is -0.496 e. The van der Waals surface area contributed by atoms with E-state index < -0.39 is 5.91 Å². The van der Waals surface area contributed by atoms with Crippen molar-refractivity contribution in [2.75, 3.05) is 38.7 Å². The number of para-hydroxylation sites is 1. The Hall–Kier alpha value is -3.29. The molecule has 2 heterocycles. The number of amides is 2. The van der Waals surface area contributed by atoms with Gasteiger partial charge in [0.15, 0.2) is 0 Å². The second-order valence-electron chi connectivity index (χ2n) is 7.00. The summed E-state index contributed by atoms with van der Waals surface area (Å²) in [6.45, 7) is 2.05. The topological polar surface area (TPSA) is 72.8 Å². The Morgan fingerprint density at radius 2 is 1.74 bits per heavy atom. The summed E-state index contributed by atoms with van der Waals surface area (Å²) in [6, 6.07) is 14.0. The van der Waals surface area contributed by atoms with Crippen molar-refractivity contribution < 1.29 is 19.1 Å². The molecule has 2 amide bonds. The van der Waals surface area contributed by atoms with Gasteiger partial charge >= 0.3 is 0 Å². The smallest absolute Gasteiger partial charge is 0.259 e. The molecule has 8 heteroatoms. The van der Waals surface area contributed by atoms with Crippen LogP contribution in [-0.4, -0.2) is 54.7 Å². The van der Waals surface area contributed by atoms with Gasteiger partial charge in [0, 0.05) is 31.5 Å². The Morgan fingerprint density at radius 3 is 2.45 bits per heavy atom. The SMILES string of the molecule is COc1cc(-n2cccc2)c(Cl)cc1C(=O)Nc1ccccc1C(=O)N1CCOCC1. The Balaban J connectivity index is 1.62. The van der Waals surface area contributed by atoms with E-state index in [1.807, 2.05) is 29.1 Å². The van der Waals surface area contributed by atoms with E-state index in [0.29, 0.717) is 54.0 Å². The van der Waals surface area contributed by atoms with E-state index in [-0.39, 0.29) is 11.5 Å². The maximum atomic E-state index is 13.1. The summed E-state index contributed by atoms with van der Waals surface area (Å²) in [5.41, 5.74) is 1.82. The van der Waals surface area contributed by atoms with Crippen LogP contribution in [-0.2, 0) is 4.74 Å². The van der Waals surface area contributed by atoms with Crippen molar-refractivity contribution in [1.82, 2.24) is 9.47 Å². The lowest BCUT2D eigenvalue weighted by Gasteiger charge is -2.27. The van der Waals surface area contributed by atoms with Crippen molar-refractivity contribution in [3.8, 4) is 11.4 Å². The van der Waals surface area contributed by atoms with Gasteiger partial charge in [0.05, 0.1) is 47.8 Å². The zero-order valence-corrected chi connectivity index (χ0v) is 17.8. The number of ether oxygens (including phenoxy) is 2. The van der Waals surface area contributed by atoms with Crippen LogP contribution < -0.4 is 10.1 Å². The summed E-state index contributed by atoms with van der Waals surface area (Å²) in [4.78, 5) is 27.8. The molecule has 7 nitrogen and oxygen atoms in total. The number of nitrogens with zero attached hydrogens (tertiary/aromatic N) is 2. The highest BCUT2D eigenvalue weighted by Crippen LogP contribution is 2.31. The average Bonchev–Trinajstić information content (AvgIpc) is 3.34. The van der Waals surface area contributed by atoms with Gasteiger partial charge in [0.1, 0.15) is 5.75 Å². The molecule has 1 N–H and O–H groups in total. The highest BCUT2D eigenvalue weighted by molar-refractivity contribution is 6.33. The standard InChI is InChI=1S/C23H22ClN3O4/c1-30-21-15-20(26-8-4-5-9-26)18(24)14-17(21)22(28)25-19-7-3-2-6-16(19)23(29)27-10-12-31-13-11-27/h2-9,14-15H,10-13H2,1H3,(H,25,28). The first-order chi connectivity index (χ1) is 15.1. The molecule has 2 aromatic carbocycles. The highest BCUT2D eigenvalue weighted by atomic mass is 35.5. The molecule has 1 saturated heterocycles. The summed E-state index contributed by atoms with van der Waals surface area (Å²) >= 11 is 6.45. The van der Waals surface area contributed by atoms with Gasteiger partial charge in [-0.15, -0.1) is 0 Å². The Kier molecular flexibility index (Phi) is 6.25. The second kappa shape index (κ2) is 9.24. The summed E-state index contributed by atoms with van der Waals surface area (Å²) in [5, 5.41) is 3.24. The van der Waals surface area contributed by atoms with Crippen molar-refractivity contribution in [1.29, 1.82) is 0 Å². The number of benzene rings is 2. The molecule has 31 heavy (non-hydrogen) atoms. The van der Waals surface area contributed by atoms with Gasteiger partial charge < -0.3 is 24.3 Å². The molecule has 1 aromatic heterocycles. The number of anilines is 1. The molecular weight excluding hydrogens is 418 g/mol. The van der Waals surface area contributed by atoms with Crippen LogP contribution >= 0.6 is 11.6 Å². The van der Waals surface area contributed by atoms with E-state index in [2.05, 4.69) is 5.32 Å². The van der Waals surface area contributed by atoms with E-state index in [1.165, 1.54) is 7.11 Å². The molecule has 0 bridgehead atoms. The molecule has 1 fully saturated rings. The number of morpholine rings is 1. The van der Waals surface area contributed by atoms with Gasteiger partial charge in [-0.25, -0.2) is 0 Å². The lowest BCUT2D eigenvalue weighted by molar-refractivity contribution is 0.0303. The van der Waals surface area contributed by atoms with Crippen LogP contribution in [0.3, 0.4) is 0 Å². The maximum absolute atomic E-state index is 13.1. The summed E-state index contributed by atoms with van der Waals surface area (Å²) in [6.07, 6.45) is 3.71. The monoisotopic (exact) mass is 439 g/mol. The summed E-state index contributed by atoms with van der Waals surface area (Å²) in [7, 11) is 1.50. The highest BCUT2D eigenvalue weighted by Gasteiger charge is 2.23. The van der Waals surface area contributed by atoms with Gasteiger partial charge in [-0.3, -0.25) is 9.59 Å². The van der Waals surface area contributed by atoms with Crippen molar-refractivity contribution >= 4 is 29.1 Å². The zero-order valence-electron chi connectivity index (χ0n) is 17.0. The normalized spacial score (nSPS) is 13.7. The quantitative estimate of drug-likeness (QED) is 0.655. The van der Waals surface area contributed by atoms with Crippen LogP contribution in [0.4, 0.5) is 5.69 Å². The minimum atomic E-state index is -0.417. The molecule has 1 aliphatic rings. The fourth-order valence-electron chi connectivity index (χ4n) is 3.49. The van der Waals surface area contributed by atoms with Crippen molar-refractivity contribution in [2.45, 2.75) is 0 Å². The first-order valence-corrected chi connectivity index (χ1v) is 10.2. The Morgan fingerprint density at radius 1 is 1.03 bits per heavy atom. The number of nitrogens with one attached hydrogen (secondary N) is 1. The van der Waals surface area contributed by atoms with Crippen molar-refractivity contribution in [2.24, 2.45) is 0 Å². The zero-order chi connectivity index (χ0) is 21.8. The number of hydrogen-bond donors (Lipinski definition) is 1. The third kappa shape index (κ3) is 4.42. The number of rotatable bonds is 5. The van der Waals surface area contributed by atoms with Gasteiger partial charge in [-0.1, -0.05) is 23.7 Å². The number of methoxy groups -OCH3 is 1. The lowest BCUT2D eigenvalue weighted by Crippen LogP contribution is -2.41. The number of carbonyl (C=O) groups is 2. The lowest BCUT2D eigenvalue weighted by atomic mass is 10.1. The fourth-order valence-corrected chi connectivity index (χ4v) is 3.75. The van der Waals surface area contributed by atoms with E-state index in [0.717, 1.165) is 0 Å². The van der Waals surface area contributed by atoms with Crippen LogP contribution in [0.1, 0.15) is 20.7 Å². The van der Waals surface area contributed by atoms with E-state index in [1.54, 1.807) is 41.3 Å². The van der Waals surface area contributed by atoms with Gasteiger partial charge in [-0.2, -0.15) is 0 Å². The average molecular weight is 440 g/mol. The molecule has 0 aliphatic carbocycles. The molecule has 1 aliphatic heterocycles. The van der Waals surface area contributed by atoms with Crippen molar-refractivity contribution in [3.63, 3.8) is 0 Å². The molecule has 4 rings (SSSR count). The van der Waals surface area contributed by atoms with E-state index >= 15 is 0 Å². The fraction of sp³-hybridized carbons (Fsp3) is 0.217. The third-order valence-corrected chi connectivity index (χ3v) is 5.40. The molecule has 0 spiro atoms. The van der Waals surface area contributed by atoms with Crippen LogP contribution in [0.2, 0.25) is 5.02 Å². The third-order valence-electron chi connectivity index (χ3n) is 5.10. The second-order valence-corrected chi connectivity index (χ2v) is 7.41. The Labute approximate surface area is 185 Å². The summed E-state index contributed by atoms with van der Waals surface area (Å²) < 4.78 is 12.6. The Bertz CT molecular complexity index is 1090. The minimum absolute atomic E-state index is 0.146. The van der Waals surface area contributed by atoms with Crippen LogP contribution in [0.25, 0.3) is 5.69 Å². The number of hydrogen-bond acceptors (Lipinski definition) is 4. The molecule has 0 unspecified atom stereocenters. The molecule has 0 atom stereocenters. The maximum Gasteiger partial charge on any atom is 0.259 e. The number of aromatic nitrogens is 1. The van der Waals surface area contributed by atoms with Gasteiger partial charge in [0.25, 0.3) is 11.8 Å². The predicted molar refractivity (Wildman–Crippen MR) is 118 cm³/mol. The predicted octanol–water partition coefficient (Wildman–Crippen LogP) is 3.86.